The van der Waals surface area contributed by atoms with Crippen LogP contribution in [0.2, 0.25) is 0 Å². The number of pyridine rings is 2. The fourth-order valence-corrected chi connectivity index (χ4v) is 7.70. The fraction of sp³-hybridized carbons (Fsp3) is 0.184. The van der Waals surface area contributed by atoms with Crippen LogP contribution >= 0.6 is 0 Å². The number of carbonyl (C=O) groups is 2. The topological polar surface area (TPSA) is 99.2 Å². The van der Waals surface area contributed by atoms with Crippen molar-refractivity contribution in [3.8, 4) is 11.4 Å². The Hall–Kier alpha value is -6.94. The van der Waals surface area contributed by atoms with Gasteiger partial charge in [0.15, 0.2) is 0 Å². The molecule has 10 heteroatoms. The summed E-state index contributed by atoms with van der Waals surface area (Å²) in [6.45, 7) is 0. The highest BCUT2D eigenvalue weighted by atomic mass is 19.1. The van der Waals surface area contributed by atoms with Gasteiger partial charge in [-0.25, -0.2) is 18.4 Å². The first-order valence-corrected chi connectivity index (χ1v) is 19.7. The third-order valence-electron chi connectivity index (χ3n) is 11.2. The van der Waals surface area contributed by atoms with Crippen LogP contribution in [0.25, 0.3) is 33.2 Å². The number of methoxy groups -OCH3 is 1. The summed E-state index contributed by atoms with van der Waals surface area (Å²) in [5.74, 6) is -0.794. The lowest BCUT2D eigenvalue weighted by Crippen LogP contribution is -2.09. The number of ether oxygens (including phenoxy) is 1. The van der Waals surface area contributed by atoms with Crippen LogP contribution in [0.1, 0.15) is 91.9 Å². The minimum Gasteiger partial charge on any atom is -0.478 e. The zero-order valence-corrected chi connectivity index (χ0v) is 32.3. The zero-order valence-electron chi connectivity index (χ0n) is 32.3. The number of rotatable bonds is 10. The second-order valence-electron chi connectivity index (χ2n) is 15.3. The van der Waals surface area contributed by atoms with Crippen molar-refractivity contribution in [3.63, 3.8) is 0 Å². The first-order valence-electron chi connectivity index (χ1n) is 19.7. The molecule has 10 rings (SSSR count). The number of aromatic carboxylic acids is 1. The predicted octanol–water partition coefficient (Wildman–Crippen LogP) is 10.8. The molecule has 1 N–H and O–H groups in total. The Morgan fingerprint density at radius 1 is 0.627 bits per heavy atom. The summed E-state index contributed by atoms with van der Waals surface area (Å²) < 4.78 is 35.5. The molecule has 0 atom stereocenters. The van der Waals surface area contributed by atoms with Crippen LogP contribution in [0.5, 0.6) is 0 Å². The minimum absolute atomic E-state index is 0.251. The van der Waals surface area contributed by atoms with Crippen molar-refractivity contribution >= 4 is 33.7 Å². The van der Waals surface area contributed by atoms with E-state index in [1.54, 1.807) is 30.3 Å². The summed E-state index contributed by atoms with van der Waals surface area (Å²) in [4.78, 5) is 33.1. The molecule has 2 saturated carbocycles. The summed E-state index contributed by atoms with van der Waals surface area (Å²) >= 11 is 0. The molecule has 0 unspecified atom stereocenters. The Morgan fingerprint density at radius 3 is 1.49 bits per heavy atom. The molecule has 8 aromatic rings. The zero-order chi connectivity index (χ0) is 40.6. The Bertz CT molecular complexity index is 2860. The largest absolute Gasteiger partial charge is 0.478 e. The Balaban J connectivity index is 0.000000152. The molecule has 0 spiro atoms. The van der Waals surface area contributed by atoms with Crippen LogP contribution in [0.3, 0.4) is 0 Å². The number of esters is 1. The number of nitrogens with zero attached hydrogens (tertiary/aromatic N) is 4. The van der Waals surface area contributed by atoms with E-state index in [-0.39, 0.29) is 17.6 Å². The van der Waals surface area contributed by atoms with E-state index in [9.17, 15) is 23.5 Å². The van der Waals surface area contributed by atoms with E-state index in [0.717, 1.165) is 86.8 Å². The summed E-state index contributed by atoms with van der Waals surface area (Å²) in [6, 6.07) is 32.8. The number of carboxylic acid groups (broad SMARTS) is 1. The number of carbonyl (C=O) groups excluding carboxylic acids is 1. The molecule has 0 radical (unpaired) electrons. The van der Waals surface area contributed by atoms with Gasteiger partial charge in [-0.15, -0.1) is 0 Å². The minimum atomic E-state index is -0.932. The fourth-order valence-electron chi connectivity index (χ4n) is 7.70. The molecule has 4 aromatic heterocycles. The molecular weight excluding hydrogens is 747 g/mol. The van der Waals surface area contributed by atoms with E-state index in [0.29, 0.717) is 41.5 Å². The van der Waals surface area contributed by atoms with Crippen molar-refractivity contribution in [2.45, 2.75) is 50.4 Å². The average molecular weight is 787 g/mol. The van der Waals surface area contributed by atoms with E-state index < -0.39 is 5.97 Å². The van der Waals surface area contributed by atoms with Crippen molar-refractivity contribution in [3.05, 3.63) is 190 Å². The van der Waals surface area contributed by atoms with Crippen LogP contribution in [0.4, 0.5) is 8.78 Å². The van der Waals surface area contributed by atoms with Gasteiger partial charge in [-0.05, 0) is 157 Å². The Morgan fingerprint density at radius 2 is 1.07 bits per heavy atom. The van der Waals surface area contributed by atoms with Crippen LogP contribution < -0.4 is 0 Å². The monoisotopic (exact) mass is 786 g/mol. The van der Waals surface area contributed by atoms with Crippen LogP contribution in [-0.2, 0) is 17.6 Å². The van der Waals surface area contributed by atoms with Gasteiger partial charge < -0.3 is 19.0 Å². The summed E-state index contributed by atoms with van der Waals surface area (Å²) in [7, 11) is 1.40. The Kier molecular flexibility index (Phi) is 10.1. The molecule has 4 heterocycles. The third kappa shape index (κ3) is 8.12. The molecule has 0 aliphatic heterocycles. The van der Waals surface area contributed by atoms with Crippen LogP contribution in [-0.4, -0.2) is 43.3 Å². The lowest BCUT2D eigenvalue weighted by molar-refractivity contribution is 0.0598. The first kappa shape index (κ1) is 37.6. The van der Waals surface area contributed by atoms with Crippen LogP contribution in [0.15, 0.2) is 134 Å². The number of hydrogen-bond donors (Lipinski definition) is 1. The molecule has 0 saturated heterocycles. The molecule has 8 nitrogen and oxygen atoms in total. The van der Waals surface area contributed by atoms with Crippen molar-refractivity contribution in [2.24, 2.45) is 0 Å². The highest BCUT2D eigenvalue weighted by molar-refractivity contribution is 5.91. The molecule has 0 amide bonds. The summed E-state index contributed by atoms with van der Waals surface area (Å²) in [5.41, 5.74) is 10.2. The van der Waals surface area contributed by atoms with Crippen molar-refractivity contribution in [2.75, 3.05) is 7.11 Å². The van der Waals surface area contributed by atoms with E-state index >= 15 is 0 Å². The van der Waals surface area contributed by atoms with Gasteiger partial charge in [0.2, 0.25) is 0 Å². The lowest BCUT2D eigenvalue weighted by Gasteiger charge is -2.10. The van der Waals surface area contributed by atoms with Gasteiger partial charge in [0.25, 0.3) is 0 Å². The van der Waals surface area contributed by atoms with Gasteiger partial charge in [0.1, 0.15) is 11.6 Å². The first-order chi connectivity index (χ1) is 28.7. The molecule has 4 aromatic carbocycles. The second-order valence-corrected chi connectivity index (χ2v) is 15.3. The SMILES string of the molecule is COC(=O)c1cc(C2CC2)cnc1Cc1ccc2c(ccn2-c2ccc(F)cc2)c1.O=C(O)c1cc(C2CC2)cnc1Cc1ccc2c(ccn2-c2ccc(F)cc2)c1. The molecular formula is C49H40F2N4O4. The maximum atomic E-state index is 13.2. The van der Waals surface area contributed by atoms with Gasteiger partial charge in [-0.2, -0.15) is 0 Å². The maximum absolute atomic E-state index is 13.2. The van der Waals surface area contributed by atoms with Crippen molar-refractivity contribution in [1.82, 2.24) is 19.1 Å². The van der Waals surface area contributed by atoms with E-state index in [1.165, 1.54) is 31.4 Å². The molecule has 59 heavy (non-hydrogen) atoms. The molecule has 294 valence electrons. The van der Waals surface area contributed by atoms with Gasteiger partial charge in [-0.1, -0.05) is 12.1 Å². The maximum Gasteiger partial charge on any atom is 0.339 e. The summed E-state index contributed by atoms with van der Waals surface area (Å²) in [6.07, 6.45) is 13.2. The van der Waals surface area contributed by atoms with Crippen molar-refractivity contribution < 1.29 is 28.2 Å². The number of hydrogen-bond acceptors (Lipinski definition) is 5. The smallest absolute Gasteiger partial charge is 0.339 e. The number of halogens is 2. The van der Waals surface area contributed by atoms with Crippen LogP contribution in [0, 0.1) is 11.6 Å². The highest BCUT2D eigenvalue weighted by Crippen LogP contribution is 2.41. The van der Waals surface area contributed by atoms with E-state index in [1.807, 2.05) is 76.4 Å². The quantitative estimate of drug-likeness (QED) is 0.139. The number of fused-ring (bicyclic) bond motifs is 2. The molecule has 2 aliphatic rings. The molecule has 2 fully saturated rings. The lowest BCUT2D eigenvalue weighted by atomic mass is 10.0. The second kappa shape index (κ2) is 15.8. The van der Waals surface area contributed by atoms with Gasteiger partial charge in [0.05, 0.1) is 40.7 Å². The van der Waals surface area contributed by atoms with Gasteiger partial charge in [-0.3, -0.25) is 9.97 Å². The van der Waals surface area contributed by atoms with Crippen molar-refractivity contribution in [1.29, 1.82) is 0 Å². The highest BCUT2D eigenvalue weighted by Gasteiger charge is 2.27. The number of aromatic nitrogens is 4. The third-order valence-corrected chi connectivity index (χ3v) is 11.2. The normalized spacial score (nSPS) is 13.6. The molecule has 0 bridgehead atoms. The Labute approximate surface area is 339 Å². The van der Waals surface area contributed by atoms with E-state index in [2.05, 4.69) is 22.1 Å². The van der Waals surface area contributed by atoms with Gasteiger partial charge in [0, 0.05) is 59.8 Å². The predicted molar refractivity (Wildman–Crippen MR) is 223 cm³/mol. The average Bonchev–Trinajstić information content (AvgIpc) is 4.20. The van der Waals surface area contributed by atoms with E-state index in [4.69, 9.17) is 4.74 Å². The number of carboxylic acids is 1. The number of benzene rings is 4. The van der Waals surface area contributed by atoms with Gasteiger partial charge >= 0.3 is 11.9 Å². The molecule has 2 aliphatic carbocycles. The summed E-state index contributed by atoms with van der Waals surface area (Å²) in [5, 5.41) is 11.7. The standard InChI is InChI=1S/C25H21FN2O2.C24H19FN2O2/c1-30-25(29)22-14-19(17-3-4-17)15-27-23(22)13-16-2-9-24-18(12-16)10-11-28(24)21-7-5-20(26)6-8-21;25-19-4-6-20(7-5-19)27-10-9-17-11-15(1-8-23(17)27)12-22-21(24(28)29)13-18(14-26-22)16-2-3-16/h2,5-12,14-15,17H,3-4,13H2,1H3;1,4-11,13-14,16H,2-3,12H2,(H,28,29).